The molecule has 1 rings (SSSR count). The molecule has 0 saturated heterocycles. The Morgan fingerprint density at radius 3 is 2.10 bits per heavy atom. The van der Waals surface area contributed by atoms with Crippen LogP contribution in [0, 0.1) is 0 Å². The highest BCUT2D eigenvalue weighted by atomic mass is 32.1. The molecule has 0 radical (unpaired) electrons. The fraction of sp³-hybridized carbons (Fsp3) is 0.235. The van der Waals surface area contributed by atoms with Gasteiger partial charge < -0.3 is 5.32 Å². The van der Waals surface area contributed by atoms with Gasteiger partial charge in [-0.3, -0.25) is 0 Å². The van der Waals surface area contributed by atoms with E-state index in [-0.39, 0.29) is 0 Å². The molecule has 0 aliphatic rings. The van der Waals surface area contributed by atoms with Crippen molar-refractivity contribution in [3.63, 3.8) is 0 Å². The average molecular weight is 308 g/mol. The van der Waals surface area contributed by atoms with E-state index < -0.39 is 0 Å². The van der Waals surface area contributed by atoms with Gasteiger partial charge in [-0.2, -0.15) is 12.6 Å². The van der Waals surface area contributed by atoms with Gasteiger partial charge in [0.2, 0.25) is 0 Å². The van der Waals surface area contributed by atoms with E-state index >= 15 is 0 Å². The molecule has 0 fully saturated rings. The summed E-state index contributed by atoms with van der Waals surface area (Å²) in [6.07, 6.45) is 9.40. The molecule has 1 N–H and O–H groups in total. The summed E-state index contributed by atoms with van der Waals surface area (Å²) in [7, 11) is 0. The quantitative estimate of drug-likeness (QED) is 0.421. The standard InChI is InChI=1S/C13H15N.C3H6S.CH4S/c1-3-8-12(9-4-2)14-13-10-6-5-7-11-13;1-3(2)4;1-2/h3-11,14H,1H2,2H3;1-2H3;2H,1H3/b9-4-,12-8+;;. The molecule has 0 heterocycles. The minimum Gasteiger partial charge on any atom is -0.356 e. The molecule has 0 aromatic heterocycles. The van der Waals surface area contributed by atoms with Gasteiger partial charge in [-0.25, -0.2) is 0 Å². The third-order valence-corrected chi connectivity index (χ3v) is 1.71. The summed E-state index contributed by atoms with van der Waals surface area (Å²) < 4.78 is 0. The molecule has 0 aliphatic carbocycles. The molecule has 0 amide bonds. The first-order valence-corrected chi connectivity index (χ1v) is 7.59. The zero-order valence-corrected chi connectivity index (χ0v) is 14.5. The van der Waals surface area contributed by atoms with Crippen LogP contribution in [0.4, 0.5) is 5.69 Å². The van der Waals surface area contributed by atoms with Crippen LogP contribution in [0.2, 0.25) is 0 Å². The summed E-state index contributed by atoms with van der Waals surface area (Å²) in [6.45, 7) is 9.46. The normalized spacial score (nSPS) is 9.75. The lowest BCUT2D eigenvalue weighted by Gasteiger charge is -2.05. The maximum absolute atomic E-state index is 4.54. The first-order chi connectivity index (χ1) is 9.60. The van der Waals surface area contributed by atoms with Crippen molar-refractivity contribution in [1.82, 2.24) is 0 Å². The number of hydrogen-bond acceptors (Lipinski definition) is 3. The van der Waals surface area contributed by atoms with Gasteiger partial charge >= 0.3 is 0 Å². The van der Waals surface area contributed by atoms with Gasteiger partial charge in [-0.15, -0.1) is 0 Å². The third kappa shape index (κ3) is 14.7. The predicted octanol–water partition coefficient (Wildman–Crippen LogP) is 5.69. The van der Waals surface area contributed by atoms with Crippen molar-refractivity contribution < 1.29 is 0 Å². The number of hydrogen-bond donors (Lipinski definition) is 2. The van der Waals surface area contributed by atoms with Crippen molar-refractivity contribution >= 4 is 35.4 Å². The van der Waals surface area contributed by atoms with Crippen LogP contribution in [0.15, 0.2) is 66.9 Å². The Hall–Kier alpha value is -1.32. The highest BCUT2D eigenvalue weighted by molar-refractivity contribution is 7.80. The molecule has 0 spiro atoms. The summed E-state index contributed by atoms with van der Waals surface area (Å²) in [4.78, 5) is 1.00. The largest absolute Gasteiger partial charge is 0.356 e. The van der Waals surface area contributed by atoms with Gasteiger partial charge in [-0.1, -0.05) is 49.1 Å². The molecule has 1 aromatic carbocycles. The zero-order chi connectivity index (χ0) is 15.8. The molecule has 3 heteroatoms. The first-order valence-electron chi connectivity index (χ1n) is 6.29. The summed E-state index contributed by atoms with van der Waals surface area (Å²) >= 11 is 8.06. The number of nitrogens with one attached hydrogen (secondary N) is 1. The van der Waals surface area contributed by atoms with Gasteiger partial charge in [0.25, 0.3) is 0 Å². The molecule has 1 aromatic rings. The summed E-state index contributed by atoms with van der Waals surface area (Å²) in [5.41, 5.74) is 2.12. The van der Waals surface area contributed by atoms with E-state index in [1.165, 1.54) is 0 Å². The number of benzene rings is 1. The third-order valence-electron chi connectivity index (χ3n) is 1.71. The number of thiocarbonyl (C=S) groups is 1. The Morgan fingerprint density at radius 1 is 1.20 bits per heavy atom. The Bertz CT molecular complexity index is 416. The Morgan fingerprint density at radius 2 is 1.70 bits per heavy atom. The van der Waals surface area contributed by atoms with Crippen LogP contribution in [0.3, 0.4) is 0 Å². The highest BCUT2D eigenvalue weighted by Gasteiger charge is 1.90. The lowest BCUT2D eigenvalue weighted by atomic mass is 10.3. The SMILES string of the molecule is C=C/C=C(\C=C/C)Nc1ccccc1.CC(C)=S.CS. The number of allylic oxidation sites excluding steroid dienone is 4. The van der Waals surface area contributed by atoms with Crippen molar-refractivity contribution in [2.75, 3.05) is 11.6 Å². The van der Waals surface area contributed by atoms with Crippen molar-refractivity contribution in [2.24, 2.45) is 0 Å². The second-order valence-corrected chi connectivity index (χ2v) is 4.57. The van der Waals surface area contributed by atoms with Crippen LogP contribution in [0.5, 0.6) is 0 Å². The molecule has 1 nitrogen and oxygen atoms in total. The van der Waals surface area contributed by atoms with E-state index in [2.05, 4.69) is 36.7 Å². The monoisotopic (exact) mass is 307 g/mol. The van der Waals surface area contributed by atoms with Crippen molar-refractivity contribution in [3.8, 4) is 0 Å². The lowest BCUT2D eigenvalue weighted by Crippen LogP contribution is -1.95. The van der Waals surface area contributed by atoms with E-state index in [9.17, 15) is 0 Å². The predicted molar refractivity (Wildman–Crippen MR) is 102 cm³/mol. The lowest BCUT2D eigenvalue weighted by molar-refractivity contribution is 1.46. The highest BCUT2D eigenvalue weighted by Crippen LogP contribution is 2.09. The summed E-state index contributed by atoms with van der Waals surface area (Å²) in [5, 5.41) is 3.28. The summed E-state index contributed by atoms with van der Waals surface area (Å²) in [6, 6.07) is 10.1. The molecule has 20 heavy (non-hydrogen) atoms. The zero-order valence-electron chi connectivity index (χ0n) is 12.8. The van der Waals surface area contributed by atoms with Gasteiger partial charge in [0.15, 0.2) is 0 Å². The molecule has 0 unspecified atom stereocenters. The number of anilines is 1. The fourth-order valence-electron chi connectivity index (χ4n) is 1.13. The van der Waals surface area contributed by atoms with E-state index in [0.717, 1.165) is 16.2 Å². The summed E-state index contributed by atoms with van der Waals surface area (Å²) in [5.74, 6) is 0. The number of para-hydroxylation sites is 1. The number of thiol groups is 1. The van der Waals surface area contributed by atoms with E-state index in [1.807, 2.05) is 69.3 Å². The van der Waals surface area contributed by atoms with Crippen molar-refractivity contribution in [2.45, 2.75) is 20.8 Å². The van der Waals surface area contributed by atoms with E-state index in [4.69, 9.17) is 0 Å². The topological polar surface area (TPSA) is 12.0 Å². The molecule has 0 atom stereocenters. The smallest absolute Gasteiger partial charge is 0.0384 e. The van der Waals surface area contributed by atoms with Gasteiger partial charge in [0.05, 0.1) is 0 Å². The Kier molecular flexibility index (Phi) is 16.5. The van der Waals surface area contributed by atoms with Crippen LogP contribution in [-0.2, 0) is 0 Å². The van der Waals surface area contributed by atoms with Gasteiger partial charge in [-0.05, 0) is 56.2 Å². The second-order valence-electron chi connectivity index (χ2n) is 3.76. The Balaban J connectivity index is 0. The first kappa shape index (κ1) is 21.0. The maximum atomic E-state index is 4.54. The van der Waals surface area contributed by atoms with Crippen LogP contribution < -0.4 is 5.32 Å². The van der Waals surface area contributed by atoms with Crippen LogP contribution in [0.1, 0.15) is 20.8 Å². The molecule has 0 aliphatic heterocycles. The minimum atomic E-state index is 1.00. The van der Waals surface area contributed by atoms with Gasteiger partial charge in [0, 0.05) is 11.4 Å². The van der Waals surface area contributed by atoms with Crippen LogP contribution in [0.25, 0.3) is 0 Å². The van der Waals surface area contributed by atoms with E-state index in [0.29, 0.717) is 0 Å². The average Bonchev–Trinajstić information content (AvgIpc) is 2.42. The van der Waals surface area contributed by atoms with Gasteiger partial charge in [0.1, 0.15) is 0 Å². The fourth-order valence-corrected chi connectivity index (χ4v) is 1.13. The Labute approximate surface area is 134 Å². The second kappa shape index (κ2) is 15.7. The van der Waals surface area contributed by atoms with Crippen molar-refractivity contribution in [3.05, 3.63) is 66.9 Å². The molecular formula is C17H25NS2. The van der Waals surface area contributed by atoms with E-state index in [1.54, 1.807) is 12.3 Å². The number of rotatable bonds is 4. The maximum Gasteiger partial charge on any atom is 0.0384 e. The molecule has 0 saturated carbocycles. The molecule has 0 bridgehead atoms. The molecular weight excluding hydrogens is 282 g/mol. The van der Waals surface area contributed by atoms with Crippen LogP contribution in [-0.4, -0.2) is 11.1 Å². The van der Waals surface area contributed by atoms with Crippen LogP contribution >= 0.6 is 24.8 Å². The molecule has 110 valence electrons. The van der Waals surface area contributed by atoms with Crippen molar-refractivity contribution in [1.29, 1.82) is 0 Å². The minimum absolute atomic E-state index is 1.00.